The number of aromatic nitrogens is 3. The van der Waals surface area contributed by atoms with Gasteiger partial charge in [-0.1, -0.05) is 42.1 Å². The molecule has 2 fully saturated rings. The SMILES string of the molecule is C[C@@H](NC(=O)CSc1nnc(N2CCCCC2)n1C[C@@H]1CCCO1)c1ccccc1. The van der Waals surface area contributed by atoms with Crippen LogP contribution in [-0.4, -0.2) is 52.2 Å². The van der Waals surface area contributed by atoms with Crippen molar-refractivity contribution in [2.45, 2.75) is 62.9 Å². The van der Waals surface area contributed by atoms with Gasteiger partial charge in [0.25, 0.3) is 0 Å². The number of benzene rings is 1. The summed E-state index contributed by atoms with van der Waals surface area (Å²) in [4.78, 5) is 14.9. The number of hydrogen-bond acceptors (Lipinski definition) is 6. The minimum Gasteiger partial charge on any atom is -0.376 e. The molecule has 7 nitrogen and oxygen atoms in total. The first kappa shape index (κ1) is 21.2. The molecule has 0 spiro atoms. The average molecular weight is 430 g/mol. The van der Waals surface area contributed by atoms with Crippen LogP contribution < -0.4 is 10.2 Å². The Morgan fingerprint density at radius 3 is 2.73 bits per heavy atom. The second-order valence-corrected chi connectivity index (χ2v) is 9.01. The second kappa shape index (κ2) is 10.3. The van der Waals surface area contributed by atoms with E-state index in [0.29, 0.717) is 5.75 Å². The summed E-state index contributed by atoms with van der Waals surface area (Å²) < 4.78 is 8.03. The third-order valence-corrected chi connectivity index (χ3v) is 6.72. The topological polar surface area (TPSA) is 72.3 Å². The van der Waals surface area contributed by atoms with Crippen molar-refractivity contribution in [1.29, 1.82) is 0 Å². The lowest BCUT2D eigenvalue weighted by molar-refractivity contribution is -0.119. The zero-order valence-corrected chi connectivity index (χ0v) is 18.4. The first-order valence-corrected chi connectivity index (χ1v) is 12.0. The van der Waals surface area contributed by atoms with Gasteiger partial charge in [-0.3, -0.25) is 9.36 Å². The lowest BCUT2D eigenvalue weighted by Crippen LogP contribution is -2.33. The zero-order valence-electron chi connectivity index (χ0n) is 17.6. The summed E-state index contributed by atoms with van der Waals surface area (Å²) in [6.07, 6.45) is 6.03. The summed E-state index contributed by atoms with van der Waals surface area (Å²) in [5.41, 5.74) is 1.10. The number of anilines is 1. The van der Waals surface area contributed by atoms with E-state index in [1.165, 1.54) is 31.0 Å². The highest BCUT2D eigenvalue weighted by Crippen LogP contribution is 2.27. The van der Waals surface area contributed by atoms with Crippen molar-refractivity contribution >= 4 is 23.6 Å². The third-order valence-electron chi connectivity index (χ3n) is 5.76. The number of nitrogens with zero attached hydrogens (tertiary/aromatic N) is 4. The van der Waals surface area contributed by atoms with Gasteiger partial charge >= 0.3 is 0 Å². The van der Waals surface area contributed by atoms with Crippen LogP contribution in [0, 0.1) is 0 Å². The maximum atomic E-state index is 12.5. The van der Waals surface area contributed by atoms with Crippen LogP contribution in [0.2, 0.25) is 0 Å². The molecule has 2 aliphatic heterocycles. The molecule has 2 aliphatic rings. The van der Waals surface area contributed by atoms with Crippen molar-refractivity contribution < 1.29 is 9.53 Å². The smallest absolute Gasteiger partial charge is 0.230 e. The molecule has 162 valence electrons. The Kier molecular flexibility index (Phi) is 7.28. The molecule has 1 N–H and O–H groups in total. The number of thioether (sulfide) groups is 1. The number of hydrogen-bond donors (Lipinski definition) is 1. The highest BCUT2D eigenvalue weighted by molar-refractivity contribution is 7.99. The van der Waals surface area contributed by atoms with Gasteiger partial charge in [0, 0.05) is 19.7 Å². The molecule has 4 rings (SSSR count). The van der Waals surface area contributed by atoms with Crippen molar-refractivity contribution in [3.8, 4) is 0 Å². The van der Waals surface area contributed by atoms with E-state index < -0.39 is 0 Å². The van der Waals surface area contributed by atoms with Gasteiger partial charge in [-0.25, -0.2) is 0 Å². The minimum atomic E-state index is -0.0204. The average Bonchev–Trinajstić information content (AvgIpc) is 3.44. The van der Waals surface area contributed by atoms with Gasteiger partial charge in [-0.15, -0.1) is 10.2 Å². The highest BCUT2D eigenvalue weighted by Gasteiger charge is 2.25. The molecule has 0 bridgehead atoms. The summed E-state index contributed by atoms with van der Waals surface area (Å²) in [5.74, 6) is 1.24. The van der Waals surface area contributed by atoms with E-state index in [2.05, 4.69) is 25.0 Å². The second-order valence-electron chi connectivity index (χ2n) is 8.06. The molecule has 0 radical (unpaired) electrons. The molecule has 8 heteroatoms. The van der Waals surface area contributed by atoms with Gasteiger partial charge in [-0.2, -0.15) is 0 Å². The van der Waals surface area contributed by atoms with Crippen molar-refractivity contribution in [1.82, 2.24) is 20.1 Å². The van der Waals surface area contributed by atoms with Crippen LogP contribution in [0.3, 0.4) is 0 Å². The van der Waals surface area contributed by atoms with Crippen LogP contribution in [0.4, 0.5) is 5.95 Å². The highest BCUT2D eigenvalue weighted by atomic mass is 32.2. The van der Waals surface area contributed by atoms with Gasteiger partial charge in [0.1, 0.15) is 0 Å². The van der Waals surface area contributed by atoms with Gasteiger partial charge in [0.15, 0.2) is 5.16 Å². The Labute approximate surface area is 182 Å². The van der Waals surface area contributed by atoms with Crippen molar-refractivity contribution in [2.24, 2.45) is 0 Å². The monoisotopic (exact) mass is 429 g/mol. The van der Waals surface area contributed by atoms with Crippen molar-refractivity contribution in [3.63, 3.8) is 0 Å². The van der Waals surface area contributed by atoms with E-state index in [1.807, 2.05) is 37.3 Å². The Morgan fingerprint density at radius 2 is 2.00 bits per heavy atom. The summed E-state index contributed by atoms with van der Waals surface area (Å²) in [5, 5.41) is 12.8. The number of rotatable bonds is 8. The summed E-state index contributed by atoms with van der Waals surface area (Å²) in [6, 6.07) is 10.00. The van der Waals surface area contributed by atoms with Crippen LogP contribution in [0.15, 0.2) is 35.5 Å². The lowest BCUT2D eigenvalue weighted by Gasteiger charge is -2.28. The quantitative estimate of drug-likeness (QED) is 0.649. The molecule has 2 saturated heterocycles. The van der Waals surface area contributed by atoms with E-state index in [-0.39, 0.29) is 18.1 Å². The number of amides is 1. The Hall–Kier alpha value is -2.06. The predicted octanol–water partition coefficient (Wildman–Crippen LogP) is 3.42. The van der Waals surface area contributed by atoms with Gasteiger partial charge in [0.05, 0.1) is 24.4 Å². The first-order chi connectivity index (χ1) is 14.7. The number of nitrogens with one attached hydrogen (secondary N) is 1. The number of piperidine rings is 1. The summed E-state index contributed by atoms with van der Waals surface area (Å²) in [7, 11) is 0. The maximum Gasteiger partial charge on any atom is 0.230 e. The molecule has 2 atom stereocenters. The Balaban J connectivity index is 1.40. The van der Waals surface area contributed by atoms with Crippen molar-refractivity contribution in [2.75, 3.05) is 30.3 Å². The summed E-state index contributed by atoms with van der Waals surface area (Å²) >= 11 is 1.46. The fourth-order valence-electron chi connectivity index (χ4n) is 4.11. The van der Waals surface area contributed by atoms with Crippen LogP contribution >= 0.6 is 11.8 Å². The molecule has 0 unspecified atom stereocenters. The van der Waals surface area contributed by atoms with E-state index in [0.717, 1.165) is 55.8 Å². The molecule has 30 heavy (non-hydrogen) atoms. The number of ether oxygens (including phenoxy) is 1. The molecule has 0 aliphatic carbocycles. The first-order valence-electron chi connectivity index (χ1n) is 11.0. The minimum absolute atomic E-state index is 0.00235. The normalized spacial score (nSPS) is 20.3. The third kappa shape index (κ3) is 5.35. The Morgan fingerprint density at radius 1 is 1.20 bits per heavy atom. The summed E-state index contributed by atoms with van der Waals surface area (Å²) in [6.45, 7) is 5.62. The standard InChI is InChI=1S/C22H31N5O2S/c1-17(18-9-4-2-5-10-18)23-20(28)16-30-22-25-24-21(26-12-6-3-7-13-26)27(22)15-19-11-8-14-29-19/h2,4-5,9-10,17,19H,3,6-8,11-16H2,1H3,(H,23,28)/t17-,19+/m1/s1. The van der Waals surface area contributed by atoms with E-state index >= 15 is 0 Å². The van der Waals surface area contributed by atoms with Crippen LogP contribution in [0.1, 0.15) is 50.6 Å². The zero-order chi connectivity index (χ0) is 20.8. The van der Waals surface area contributed by atoms with Crippen LogP contribution in [-0.2, 0) is 16.1 Å². The van der Waals surface area contributed by atoms with Gasteiger partial charge in [-0.05, 0) is 44.6 Å². The fraction of sp³-hybridized carbons (Fsp3) is 0.591. The number of carbonyl (C=O) groups is 1. The van der Waals surface area contributed by atoms with Crippen LogP contribution in [0.5, 0.6) is 0 Å². The Bertz CT molecular complexity index is 816. The largest absolute Gasteiger partial charge is 0.376 e. The number of carbonyl (C=O) groups excluding carboxylic acids is 1. The van der Waals surface area contributed by atoms with E-state index in [1.54, 1.807) is 0 Å². The fourth-order valence-corrected chi connectivity index (χ4v) is 4.86. The van der Waals surface area contributed by atoms with Gasteiger partial charge in [0.2, 0.25) is 11.9 Å². The van der Waals surface area contributed by atoms with Crippen molar-refractivity contribution in [3.05, 3.63) is 35.9 Å². The predicted molar refractivity (Wildman–Crippen MR) is 119 cm³/mol. The van der Waals surface area contributed by atoms with Gasteiger partial charge < -0.3 is 15.0 Å². The lowest BCUT2D eigenvalue weighted by atomic mass is 10.1. The van der Waals surface area contributed by atoms with E-state index in [4.69, 9.17) is 4.74 Å². The molecule has 2 aromatic rings. The molecule has 1 aromatic heterocycles. The molecule has 1 amide bonds. The molecule has 1 aromatic carbocycles. The molecular weight excluding hydrogens is 398 g/mol. The molecule has 3 heterocycles. The van der Waals surface area contributed by atoms with E-state index in [9.17, 15) is 4.79 Å². The molecular formula is C22H31N5O2S. The maximum absolute atomic E-state index is 12.5. The molecule has 0 saturated carbocycles. The van der Waals surface area contributed by atoms with Crippen LogP contribution in [0.25, 0.3) is 0 Å².